The van der Waals surface area contributed by atoms with Gasteiger partial charge in [0.15, 0.2) is 5.79 Å². The molecule has 4 fully saturated rings. The molecule has 0 bridgehead atoms. The smallest absolute Gasteiger partial charge is 0.302 e. The van der Waals surface area contributed by atoms with Gasteiger partial charge < -0.3 is 23.7 Å². The van der Waals surface area contributed by atoms with Crippen LogP contribution < -0.4 is 10.4 Å². The lowest BCUT2D eigenvalue weighted by Gasteiger charge is -2.57. The zero-order valence-corrected chi connectivity index (χ0v) is 29.9. The van der Waals surface area contributed by atoms with Gasteiger partial charge in [-0.1, -0.05) is 95.3 Å². The van der Waals surface area contributed by atoms with Gasteiger partial charge in [0.1, 0.15) is 6.10 Å². The molecule has 0 aromatic heterocycles. The van der Waals surface area contributed by atoms with Crippen LogP contribution in [0.1, 0.15) is 92.9 Å². The Bertz CT molecular complexity index is 1300. The summed E-state index contributed by atoms with van der Waals surface area (Å²) in [6, 6.07) is 21.7. The minimum atomic E-state index is -2.68. The van der Waals surface area contributed by atoms with E-state index in [4.69, 9.17) is 18.6 Å². The largest absolute Gasteiger partial charge is 0.462 e. The first-order chi connectivity index (χ1) is 21.9. The highest BCUT2D eigenvalue weighted by Crippen LogP contribution is 2.65. The van der Waals surface area contributed by atoms with Gasteiger partial charge in [-0.05, 0) is 71.7 Å². The minimum Gasteiger partial charge on any atom is -0.462 e. The van der Waals surface area contributed by atoms with Gasteiger partial charge in [-0.3, -0.25) is 4.79 Å². The maximum Gasteiger partial charge on any atom is 0.302 e. The molecule has 46 heavy (non-hydrogen) atoms. The van der Waals surface area contributed by atoms with Crippen molar-refractivity contribution in [1.82, 2.24) is 0 Å². The van der Waals surface area contributed by atoms with Crippen molar-refractivity contribution in [1.29, 1.82) is 0 Å². The summed E-state index contributed by atoms with van der Waals surface area (Å²) in [6.07, 6.45) is 6.54. The van der Waals surface area contributed by atoms with E-state index in [0.717, 1.165) is 51.4 Å². The fourth-order valence-corrected chi connectivity index (χ4v) is 15.1. The third-order valence-corrected chi connectivity index (χ3v) is 17.9. The highest BCUT2D eigenvalue weighted by molar-refractivity contribution is 6.99. The van der Waals surface area contributed by atoms with Gasteiger partial charge in [0.2, 0.25) is 0 Å². The fraction of sp³-hybridized carbons (Fsp3) is 0.667. The Labute approximate surface area is 277 Å². The van der Waals surface area contributed by atoms with Crippen molar-refractivity contribution in [2.75, 3.05) is 19.8 Å². The van der Waals surface area contributed by atoms with E-state index in [9.17, 15) is 9.90 Å². The minimum absolute atomic E-state index is 0.0946. The second kappa shape index (κ2) is 12.8. The van der Waals surface area contributed by atoms with Gasteiger partial charge in [0.05, 0.1) is 19.3 Å². The summed E-state index contributed by atoms with van der Waals surface area (Å²) in [7, 11) is -2.68. The average Bonchev–Trinajstić information content (AvgIpc) is 3.62. The number of aliphatic hydroxyl groups excluding tert-OH is 1. The fourth-order valence-electron chi connectivity index (χ4n) is 10.5. The number of hydrogen-bond acceptors (Lipinski definition) is 6. The van der Waals surface area contributed by atoms with E-state index in [-0.39, 0.29) is 51.8 Å². The van der Waals surface area contributed by atoms with Crippen molar-refractivity contribution in [2.24, 2.45) is 28.6 Å². The summed E-state index contributed by atoms with van der Waals surface area (Å²) in [5, 5.41) is 13.5. The number of esters is 1. The molecule has 3 aliphatic carbocycles. The van der Waals surface area contributed by atoms with Gasteiger partial charge in [-0.2, -0.15) is 0 Å². The Balaban J connectivity index is 1.30. The van der Waals surface area contributed by atoms with E-state index in [1.807, 2.05) is 0 Å². The zero-order chi connectivity index (χ0) is 32.8. The van der Waals surface area contributed by atoms with E-state index >= 15 is 0 Å². The molecular formula is C39H56O6Si. The Morgan fingerprint density at radius 2 is 1.48 bits per heavy atom. The standard InChI is InChI=1S/C39H56O6Si/c1-28(40)45-35-33(18-22-38(6)34(35)19-23-39(38)42-25-26-43-39)37(5)21-17-30(41)27-29(37)20-24-44-46(36(2,3)4,31-13-9-7-10-14-31)32-15-11-8-12-16-32/h7-16,29-30,33-35,41H,17-27H2,1-6H3/t29-,30-,33+,34+,35+,37-,38-/m0/s1. The molecule has 6 nitrogen and oxygen atoms in total. The predicted molar refractivity (Wildman–Crippen MR) is 183 cm³/mol. The zero-order valence-electron chi connectivity index (χ0n) is 28.9. The monoisotopic (exact) mass is 648 g/mol. The summed E-state index contributed by atoms with van der Waals surface area (Å²) < 4.78 is 26.4. The lowest BCUT2D eigenvalue weighted by molar-refractivity contribution is -0.252. The number of rotatable bonds is 8. The molecule has 7 atom stereocenters. The third kappa shape index (κ3) is 5.62. The average molecular weight is 649 g/mol. The van der Waals surface area contributed by atoms with Crippen LogP contribution in [0.25, 0.3) is 0 Å². The summed E-state index contributed by atoms with van der Waals surface area (Å²) in [5.74, 6) is -0.133. The first-order valence-corrected chi connectivity index (χ1v) is 19.7. The van der Waals surface area contributed by atoms with Crippen LogP contribution in [0.4, 0.5) is 0 Å². The van der Waals surface area contributed by atoms with Crippen molar-refractivity contribution in [3.63, 3.8) is 0 Å². The van der Waals surface area contributed by atoms with Crippen molar-refractivity contribution in [3.05, 3.63) is 60.7 Å². The van der Waals surface area contributed by atoms with Crippen molar-refractivity contribution in [3.8, 4) is 0 Å². The normalized spacial score (nSPS) is 34.4. The van der Waals surface area contributed by atoms with Crippen LogP contribution in [0.5, 0.6) is 0 Å². The highest BCUT2D eigenvalue weighted by Gasteiger charge is 2.67. The molecule has 1 N–H and O–H groups in total. The van der Waals surface area contributed by atoms with Crippen molar-refractivity contribution >= 4 is 24.7 Å². The van der Waals surface area contributed by atoms with Crippen LogP contribution in [-0.4, -0.2) is 57.2 Å². The lowest BCUT2D eigenvalue weighted by Crippen LogP contribution is -2.66. The van der Waals surface area contributed by atoms with E-state index in [1.54, 1.807) is 6.92 Å². The van der Waals surface area contributed by atoms with Crippen molar-refractivity contribution < 1.29 is 28.5 Å². The molecule has 1 saturated heterocycles. The molecule has 0 radical (unpaired) electrons. The quantitative estimate of drug-likeness (QED) is 0.256. The molecule has 1 spiro atoms. The molecule has 0 amide bonds. The van der Waals surface area contributed by atoms with E-state index in [0.29, 0.717) is 19.8 Å². The molecule has 1 aliphatic heterocycles. The number of fused-ring (bicyclic) bond motifs is 2. The van der Waals surface area contributed by atoms with Crippen LogP contribution in [-0.2, 0) is 23.4 Å². The van der Waals surface area contributed by atoms with Gasteiger partial charge in [-0.15, -0.1) is 0 Å². The molecule has 3 saturated carbocycles. The highest BCUT2D eigenvalue weighted by atomic mass is 28.4. The number of aliphatic hydroxyl groups is 1. The second-order valence-electron chi connectivity index (χ2n) is 16.2. The number of carbonyl (C=O) groups is 1. The summed E-state index contributed by atoms with van der Waals surface area (Å²) >= 11 is 0. The third-order valence-electron chi connectivity index (χ3n) is 12.9. The Hall–Kier alpha value is -2.03. The molecule has 2 aromatic carbocycles. The van der Waals surface area contributed by atoms with Gasteiger partial charge in [-0.25, -0.2) is 0 Å². The van der Waals surface area contributed by atoms with Crippen molar-refractivity contribution in [2.45, 2.75) is 116 Å². The van der Waals surface area contributed by atoms with E-state index < -0.39 is 14.1 Å². The van der Waals surface area contributed by atoms with Crippen LogP contribution in [0.3, 0.4) is 0 Å². The van der Waals surface area contributed by atoms with Crippen LogP contribution in [0, 0.1) is 28.6 Å². The summed E-state index contributed by atoms with van der Waals surface area (Å²) in [5.41, 5.74) is -0.283. The van der Waals surface area contributed by atoms with Gasteiger partial charge in [0.25, 0.3) is 8.32 Å². The molecule has 2 aromatic rings. The van der Waals surface area contributed by atoms with Crippen LogP contribution >= 0.6 is 0 Å². The molecule has 0 unspecified atom stereocenters. The second-order valence-corrected chi connectivity index (χ2v) is 20.5. The Kier molecular flexibility index (Phi) is 9.40. The lowest BCUT2D eigenvalue weighted by atomic mass is 9.51. The van der Waals surface area contributed by atoms with Crippen LogP contribution in [0.15, 0.2) is 60.7 Å². The first-order valence-electron chi connectivity index (χ1n) is 17.7. The first kappa shape index (κ1) is 33.9. The maximum absolute atomic E-state index is 12.7. The van der Waals surface area contributed by atoms with Gasteiger partial charge >= 0.3 is 5.97 Å². The number of ether oxygens (including phenoxy) is 3. The van der Waals surface area contributed by atoms with E-state index in [1.165, 1.54) is 10.4 Å². The predicted octanol–water partition coefficient (Wildman–Crippen LogP) is 6.62. The summed E-state index contributed by atoms with van der Waals surface area (Å²) in [4.78, 5) is 12.7. The number of benzene rings is 2. The molecule has 252 valence electrons. The Morgan fingerprint density at radius 1 is 0.891 bits per heavy atom. The molecule has 6 rings (SSSR count). The maximum atomic E-state index is 12.7. The SMILES string of the molecule is CC(=O)O[C@@H]1[C@H]([C@@]2(C)CC[C@H](O)C[C@@H]2CCO[Si](c2ccccc2)(c2ccccc2)C(C)(C)C)CC[C@@]2(C)[C@@H]1CCC21OCCO1. The van der Waals surface area contributed by atoms with E-state index in [2.05, 4.69) is 95.3 Å². The molecule has 1 heterocycles. The topological polar surface area (TPSA) is 74.2 Å². The number of carbonyl (C=O) groups excluding carboxylic acids is 1. The van der Waals surface area contributed by atoms with Crippen LogP contribution in [0.2, 0.25) is 5.04 Å². The van der Waals surface area contributed by atoms with Gasteiger partial charge in [0, 0.05) is 37.2 Å². The number of hydrogen-bond donors (Lipinski definition) is 1. The summed E-state index contributed by atoms with van der Waals surface area (Å²) in [6.45, 7) is 15.1. The molecular weight excluding hydrogens is 593 g/mol. The Morgan fingerprint density at radius 3 is 2.04 bits per heavy atom. The molecule has 4 aliphatic rings. The molecule has 7 heteroatoms.